The molecule has 0 N–H and O–H groups in total. The Kier molecular flexibility index (Phi) is 3.73. The monoisotopic (exact) mass is 377 g/mol. The van der Waals surface area contributed by atoms with Gasteiger partial charge in [-0.3, -0.25) is 0 Å². The summed E-state index contributed by atoms with van der Waals surface area (Å²) in [6.45, 7) is 2.29. The van der Waals surface area contributed by atoms with Crippen molar-refractivity contribution < 1.29 is 4.42 Å². The van der Waals surface area contributed by atoms with Crippen molar-refractivity contribution in [2.24, 2.45) is 23.7 Å². The molecule has 0 aliphatic heterocycles. The molecule has 0 amide bonds. The molecule has 29 heavy (non-hydrogen) atoms. The molecule has 1 heterocycles. The van der Waals surface area contributed by atoms with E-state index in [0.29, 0.717) is 17.7 Å². The Hall–Kier alpha value is -3.13. The van der Waals surface area contributed by atoms with E-state index in [1.54, 1.807) is 0 Å². The van der Waals surface area contributed by atoms with Crippen LogP contribution in [-0.2, 0) is 0 Å². The predicted molar refractivity (Wildman–Crippen MR) is 118 cm³/mol. The van der Waals surface area contributed by atoms with Crippen molar-refractivity contribution in [1.82, 2.24) is 4.98 Å². The van der Waals surface area contributed by atoms with Crippen molar-refractivity contribution in [2.75, 3.05) is 0 Å². The predicted octanol–water partition coefficient (Wildman–Crippen LogP) is 6.83. The third kappa shape index (κ3) is 3.00. The summed E-state index contributed by atoms with van der Waals surface area (Å²) in [5.41, 5.74) is 6.64. The Balaban J connectivity index is 1.29. The maximum Gasteiger partial charge on any atom is 0.226 e. The fourth-order valence-electron chi connectivity index (χ4n) is 4.65. The van der Waals surface area contributed by atoms with E-state index < -0.39 is 0 Å². The van der Waals surface area contributed by atoms with Gasteiger partial charge in [0.15, 0.2) is 5.58 Å². The molecule has 3 aliphatic carbocycles. The van der Waals surface area contributed by atoms with Crippen LogP contribution in [0.5, 0.6) is 0 Å². The molecule has 6 rings (SSSR count). The molecule has 3 aromatic rings. The standard InChI is InChI=1S/C27H23NO/c1-17-13-22(9-11-24(17)21-8-7-19-14-23(19)15-21)27-28-25-16-20(10-12-26(25)29-27)18-5-3-2-4-6-18/h2-13,15-17,19,23-24H,14H2,1H3. The summed E-state index contributed by atoms with van der Waals surface area (Å²) in [7, 11) is 0. The van der Waals surface area contributed by atoms with E-state index in [1.165, 1.54) is 17.6 Å². The summed E-state index contributed by atoms with van der Waals surface area (Å²) in [6, 6.07) is 16.6. The van der Waals surface area contributed by atoms with Crippen LogP contribution in [-0.4, -0.2) is 4.98 Å². The van der Waals surface area contributed by atoms with Crippen molar-refractivity contribution >= 4 is 16.7 Å². The highest BCUT2D eigenvalue weighted by molar-refractivity contribution is 5.83. The van der Waals surface area contributed by atoms with Gasteiger partial charge in [-0.05, 0) is 53.0 Å². The van der Waals surface area contributed by atoms with E-state index in [9.17, 15) is 0 Å². The highest BCUT2D eigenvalue weighted by Crippen LogP contribution is 2.47. The highest BCUT2D eigenvalue weighted by atomic mass is 16.3. The van der Waals surface area contributed by atoms with Crippen molar-refractivity contribution in [3.8, 4) is 11.1 Å². The number of benzene rings is 2. The average Bonchev–Trinajstić information content (AvgIpc) is 3.41. The summed E-state index contributed by atoms with van der Waals surface area (Å²) < 4.78 is 6.09. The summed E-state index contributed by atoms with van der Waals surface area (Å²) in [4.78, 5) is 4.80. The fourth-order valence-corrected chi connectivity index (χ4v) is 4.65. The average molecular weight is 377 g/mol. The van der Waals surface area contributed by atoms with Crippen LogP contribution in [0.15, 0.2) is 95.0 Å². The number of fused-ring (bicyclic) bond motifs is 2. The van der Waals surface area contributed by atoms with E-state index in [1.807, 2.05) is 12.1 Å². The Morgan fingerprint density at radius 3 is 2.62 bits per heavy atom. The van der Waals surface area contributed by atoms with Gasteiger partial charge < -0.3 is 4.42 Å². The van der Waals surface area contributed by atoms with E-state index >= 15 is 0 Å². The van der Waals surface area contributed by atoms with E-state index in [4.69, 9.17) is 9.40 Å². The third-order valence-corrected chi connectivity index (χ3v) is 6.45. The van der Waals surface area contributed by atoms with Crippen LogP contribution in [0.4, 0.5) is 0 Å². The molecular formula is C27H23NO. The van der Waals surface area contributed by atoms with Crippen LogP contribution >= 0.6 is 0 Å². The van der Waals surface area contributed by atoms with Crippen molar-refractivity contribution in [3.63, 3.8) is 0 Å². The van der Waals surface area contributed by atoms with Crippen LogP contribution in [0.25, 0.3) is 27.8 Å². The highest BCUT2D eigenvalue weighted by Gasteiger charge is 2.36. The second-order valence-electron chi connectivity index (χ2n) is 8.52. The van der Waals surface area contributed by atoms with Gasteiger partial charge in [0, 0.05) is 11.5 Å². The molecule has 3 aliphatic rings. The second kappa shape index (κ2) is 6.45. The van der Waals surface area contributed by atoms with E-state index in [2.05, 4.69) is 79.8 Å². The minimum absolute atomic E-state index is 0.427. The zero-order valence-corrected chi connectivity index (χ0v) is 16.5. The second-order valence-corrected chi connectivity index (χ2v) is 8.52. The van der Waals surface area contributed by atoms with Crippen molar-refractivity contribution in [1.29, 1.82) is 0 Å². The van der Waals surface area contributed by atoms with E-state index in [-0.39, 0.29) is 0 Å². The maximum absolute atomic E-state index is 6.09. The Labute approximate surface area is 171 Å². The number of nitrogens with zero attached hydrogens (tertiary/aromatic N) is 1. The molecule has 2 nitrogen and oxygen atoms in total. The molecule has 2 aromatic carbocycles. The molecule has 1 fully saturated rings. The van der Waals surface area contributed by atoms with Crippen LogP contribution in [0.3, 0.4) is 0 Å². The molecule has 0 saturated heterocycles. The Bertz CT molecular complexity index is 1210. The molecule has 1 saturated carbocycles. The van der Waals surface area contributed by atoms with Gasteiger partial charge in [-0.15, -0.1) is 0 Å². The summed E-state index contributed by atoms with van der Waals surface area (Å²) in [5.74, 6) is 3.19. The van der Waals surface area contributed by atoms with Gasteiger partial charge >= 0.3 is 0 Å². The molecule has 0 radical (unpaired) electrons. The zero-order valence-electron chi connectivity index (χ0n) is 16.5. The first-order valence-electron chi connectivity index (χ1n) is 10.5. The van der Waals surface area contributed by atoms with Crippen LogP contribution in [0, 0.1) is 23.7 Å². The van der Waals surface area contributed by atoms with Gasteiger partial charge in [-0.25, -0.2) is 4.98 Å². The van der Waals surface area contributed by atoms with Crippen molar-refractivity contribution in [2.45, 2.75) is 13.3 Å². The zero-order chi connectivity index (χ0) is 19.4. The van der Waals surface area contributed by atoms with Gasteiger partial charge in [-0.2, -0.15) is 0 Å². The lowest BCUT2D eigenvalue weighted by Gasteiger charge is -2.24. The van der Waals surface area contributed by atoms with Crippen LogP contribution in [0.2, 0.25) is 0 Å². The number of hydrogen-bond donors (Lipinski definition) is 0. The lowest BCUT2D eigenvalue weighted by molar-refractivity contribution is 0.565. The lowest BCUT2D eigenvalue weighted by Crippen LogP contribution is -2.13. The minimum Gasteiger partial charge on any atom is -0.436 e. The number of hydrogen-bond acceptors (Lipinski definition) is 2. The first-order valence-corrected chi connectivity index (χ1v) is 10.5. The van der Waals surface area contributed by atoms with Gasteiger partial charge in [0.1, 0.15) is 5.52 Å². The van der Waals surface area contributed by atoms with Gasteiger partial charge in [-0.1, -0.05) is 79.8 Å². The molecule has 4 atom stereocenters. The van der Waals surface area contributed by atoms with Crippen LogP contribution in [0.1, 0.15) is 19.2 Å². The molecule has 0 spiro atoms. The molecule has 2 heteroatoms. The molecular weight excluding hydrogens is 354 g/mol. The fraction of sp³-hybridized carbons (Fsp3) is 0.222. The first kappa shape index (κ1) is 16.8. The minimum atomic E-state index is 0.427. The number of allylic oxidation sites excluding steroid dienone is 8. The Morgan fingerprint density at radius 1 is 0.897 bits per heavy atom. The molecule has 1 aromatic heterocycles. The normalized spacial score (nSPS) is 27.5. The number of oxazole rings is 1. The summed E-state index contributed by atoms with van der Waals surface area (Å²) in [6.07, 6.45) is 15.4. The third-order valence-electron chi connectivity index (χ3n) is 6.45. The quantitative estimate of drug-likeness (QED) is 0.500. The smallest absolute Gasteiger partial charge is 0.226 e. The number of rotatable bonds is 3. The SMILES string of the molecule is CC1C=C(c2nc3cc(-c4ccccc4)ccc3o2)C=CC1C1=CC2CC2C=C1. The lowest BCUT2D eigenvalue weighted by atomic mass is 9.80. The largest absolute Gasteiger partial charge is 0.436 e. The first-order chi connectivity index (χ1) is 14.2. The Morgan fingerprint density at radius 2 is 1.79 bits per heavy atom. The molecule has 4 unspecified atom stereocenters. The molecule has 142 valence electrons. The maximum atomic E-state index is 6.09. The van der Waals surface area contributed by atoms with Crippen molar-refractivity contribution in [3.05, 3.63) is 96.5 Å². The number of aromatic nitrogens is 1. The van der Waals surface area contributed by atoms with Gasteiger partial charge in [0.05, 0.1) is 0 Å². The van der Waals surface area contributed by atoms with Gasteiger partial charge in [0.25, 0.3) is 0 Å². The van der Waals surface area contributed by atoms with Crippen LogP contribution < -0.4 is 0 Å². The summed E-state index contributed by atoms with van der Waals surface area (Å²) in [5, 5.41) is 0. The molecule has 0 bridgehead atoms. The van der Waals surface area contributed by atoms with E-state index in [0.717, 1.165) is 34.1 Å². The van der Waals surface area contributed by atoms with Gasteiger partial charge in [0.2, 0.25) is 5.89 Å². The summed E-state index contributed by atoms with van der Waals surface area (Å²) >= 11 is 0. The topological polar surface area (TPSA) is 26.0 Å².